The molecule has 1 N–H and O–H groups in total. The van der Waals surface area contributed by atoms with E-state index in [4.69, 9.17) is 4.74 Å². The molecule has 0 saturated carbocycles. The summed E-state index contributed by atoms with van der Waals surface area (Å²) in [4.78, 5) is 41.9. The average Bonchev–Trinajstić information content (AvgIpc) is 3.09. The van der Waals surface area contributed by atoms with Crippen LogP contribution in [-0.4, -0.2) is 58.0 Å². The molecule has 4 rings (SSSR count). The molecule has 0 aliphatic carbocycles. The van der Waals surface area contributed by atoms with Crippen molar-refractivity contribution in [2.45, 2.75) is 32.5 Å². The molecule has 8 nitrogen and oxygen atoms in total. The number of fused-ring (bicyclic) bond motifs is 1. The molecule has 9 heteroatoms. The molecule has 0 atom stereocenters. The molecule has 3 aromatic rings. The number of aromatic nitrogens is 2. The Kier molecular flexibility index (Phi) is 6.08. The van der Waals surface area contributed by atoms with Crippen molar-refractivity contribution in [3.8, 4) is 0 Å². The van der Waals surface area contributed by atoms with Crippen LogP contribution < -0.4 is 11.2 Å². The highest BCUT2D eigenvalue weighted by Gasteiger charge is 2.32. The lowest BCUT2D eigenvalue weighted by atomic mass is 10.1. The number of aliphatic hydroxyl groups is 1. The number of likely N-dealkylation sites (tertiary alicyclic amines) is 1. The van der Waals surface area contributed by atoms with Crippen molar-refractivity contribution in [2.75, 3.05) is 26.8 Å². The van der Waals surface area contributed by atoms with E-state index in [2.05, 4.69) is 0 Å². The number of carbonyl (C=O) groups excluding carboxylic acids is 1. The number of amides is 1. The Labute approximate surface area is 182 Å². The third-order valence-electron chi connectivity index (χ3n) is 5.62. The standard InChI is InChI=1S/C22H25N3O5S/c1-14-17-19(27)24(9-8-15-6-4-3-5-7-15)22(29)25(10-11-30-2)21(17)31-18(14)20(28)23-12-16(26)13-23/h3-7,16,26H,8-13H2,1-2H3. The van der Waals surface area contributed by atoms with Crippen LogP contribution >= 0.6 is 11.3 Å². The lowest BCUT2D eigenvalue weighted by molar-refractivity contribution is 0.00619. The van der Waals surface area contributed by atoms with Crippen molar-refractivity contribution in [1.82, 2.24) is 14.0 Å². The molecule has 1 aromatic carbocycles. The first-order valence-electron chi connectivity index (χ1n) is 10.2. The summed E-state index contributed by atoms with van der Waals surface area (Å²) in [6, 6.07) is 9.68. The molecule has 0 spiro atoms. The van der Waals surface area contributed by atoms with Crippen LogP contribution in [0.3, 0.4) is 0 Å². The third-order valence-corrected chi connectivity index (χ3v) is 6.93. The van der Waals surface area contributed by atoms with Gasteiger partial charge in [-0.25, -0.2) is 4.79 Å². The van der Waals surface area contributed by atoms with Crippen LogP contribution in [0.1, 0.15) is 20.8 Å². The number of aliphatic hydroxyl groups excluding tert-OH is 1. The Morgan fingerprint density at radius 3 is 2.52 bits per heavy atom. The largest absolute Gasteiger partial charge is 0.389 e. The maximum absolute atomic E-state index is 13.3. The molecular weight excluding hydrogens is 418 g/mol. The topological polar surface area (TPSA) is 93.8 Å². The Morgan fingerprint density at radius 2 is 1.87 bits per heavy atom. The maximum atomic E-state index is 13.3. The summed E-state index contributed by atoms with van der Waals surface area (Å²) in [7, 11) is 1.55. The summed E-state index contributed by atoms with van der Waals surface area (Å²) >= 11 is 1.16. The van der Waals surface area contributed by atoms with Crippen LogP contribution in [-0.2, 0) is 24.2 Å². The lowest BCUT2D eigenvalue weighted by Crippen LogP contribution is -2.53. The van der Waals surface area contributed by atoms with Gasteiger partial charge in [0, 0.05) is 26.7 Å². The molecular formula is C22H25N3O5S. The van der Waals surface area contributed by atoms with Gasteiger partial charge in [0.25, 0.3) is 11.5 Å². The van der Waals surface area contributed by atoms with Gasteiger partial charge in [-0.05, 0) is 24.5 Å². The van der Waals surface area contributed by atoms with Gasteiger partial charge in [-0.2, -0.15) is 0 Å². The number of thiophene rings is 1. The first-order valence-corrected chi connectivity index (χ1v) is 11.0. The minimum absolute atomic E-state index is 0.218. The molecule has 3 heterocycles. The number of methoxy groups -OCH3 is 1. The Hall–Kier alpha value is -2.75. The normalized spacial score (nSPS) is 14.2. The predicted molar refractivity (Wildman–Crippen MR) is 119 cm³/mol. The quantitative estimate of drug-likeness (QED) is 0.593. The third kappa shape index (κ3) is 3.96. The smallest absolute Gasteiger partial charge is 0.332 e. The molecule has 31 heavy (non-hydrogen) atoms. The van der Waals surface area contributed by atoms with Gasteiger partial charge in [0.15, 0.2) is 0 Å². The Bertz CT molecular complexity index is 1220. The number of hydrogen-bond donors (Lipinski definition) is 1. The second-order valence-electron chi connectivity index (χ2n) is 7.72. The second kappa shape index (κ2) is 8.78. The summed E-state index contributed by atoms with van der Waals surface area (Å²) in [6.07, 6.45) is 0.0422. The van der Waals surface area contributed by atoms with E-state index in [0.717, 1.165) is 16.9 Å². The SMILES string of the molecule is COCCn1c(=O)n(CCc2ccccc2)c(=O)c2c(C)c(C(=O)N3CC(O)C3)sc21. The molecule has 1 saturated heterocycles. The monoisotopic (exact) mass is 443 g/mol. The summed E-state index contributed by atoms with van der Waals surface area (Å²) in [6.45, 7) is 3.16. The molecule has 1 fully saturated rings. The van der Waals surface area contributed by atoms with E-state index < -0.39 is 11.8 Å². The summed E-state index contributed by atoms with van der Waals surface area (Å²) in [5, 5.41) is 9.93. The number of benzene rings is 1. The van der Waals surface area contributed by atoms with Crippen molar-refractivity contribution >= 4 is 27.5 Å². The van der Waals surface area contributed by atoms with Gasteiger partial charge in [-0.15, -0.1) is 11.3 Å². The van der Waals surface area contributed by atoms with Crippen LogP contribution in [0, 0.1) is 6.92 Å². The zero-order chi connectivity index (χ0) is 22.1. The maximum Gasteiger partial charge on any atom is 0.332 e. The van der Waals surface area contributed by atoms with Crippen molar-refractivity contribution in [3.05, 3.63) is 67.2 Å². The fourth-order valence-corrected chi connectivity index (χ4v) is 5.11. The highest BCUT2D eigenvalue weighted by Crippen LogP contribution is 2.30. The Balaban J connectivity index is 1.81. The van der Waals surface area contributed by atoms with E-state index in [9.17, 15) is 19.5 Å². The van der Waals surface area contributed by atoms with E-state index >= 15 is 0 Å². The number of β-amino-alcohol motifs (C(OH)–C–C–N with tert-alkyl or cyclic N) is 1. The number of aryl methyl sites for hydroxylation is 2. The zero-order valence-corrected chi connectivity index (χ0v) is 18.4. The van der Waals surface area contributed by atoms with Gasteiger partial charge in [0.2, 0.25) is 0 Å². The molecule has 164 valence electrons. The van der Waals surface area contributed by atoms with E-state index in [1.807, 2.05) is 30.3 Å². The molecule has 1 aliphatic rings. The highest BCUT2D eigenvalue weighted by atomic mass is 32.1. The van der Waals surface area contributed by atoms with Crippen molar-refractivity contribution in [2.24, 2.45) is 0 Å². The fourth-order valence-electron chi connectivity index (χ4n) is 3.83. The number of carbonyl (C=O) groups is 1. The van der Waals surface area contributed by atoms with Crippen molar-refractivity contribution in [1.29, 1.82) is 0 Å². The highest BCUT2D eigenvalue weighted by molar-refractivity contribution is 7.20. The molecule has 1 aliphatic heterocycles. The van der Waals surface area contributed by atoms with Crippen LogP contribution in [0.2, 0.25) is 0 Å². The number of ether oxygens (including phenoxy) is 1. The van der Waals surface area contributed by atoms with E-state index in [1.165, 1.54) is 9.13 Å². The van der Waals surface area contributed by atoms with Gasteiger partial charge < -0.3 is 14.7 Å². The lowest BCUT2D eigenvalue weighted by Gasteiger charge is -2.35. The van der Waals surface area contributed by atoms with Gasteiger partial charge in [0.1, 0.15) is 4.83 Å². The Morgan fingerprint density at radius 1 is 1.16 bits per heavy atom. The molecule has 0 unspecified atom stereocenters. The van der Waals surface area contributed by atoms with Crippen LogP contribution in [0.25, 0.3) is 10.2 Å². The summed E-state index contributed by atoms with van der Waals surface area (Å²) in [5.74, 6) is -0.218. The molecule has 1 amide bonds. The average molecular weight is 444 g/mol. The number of hydrogen-bond acceptors (Lipinski definition) is 6. The fraction of sp³-hybridized carbons (Fsp3) is 0.409. The van der Waals surface area contributed by atoms with Gasteiger partial charge in [-0.3, -0.25) is 18.7 Å². The first kappa shape index (κ1) is 21.5. The predicted octanol–water partition coefficient (Wildman–Crippen LogP) is 1.24. The molecule has 0 radical (unpaired) electrons. The number of rotatable bonds is 7. The van der Waals surface area contributed by atoms with Crippen molar-refractivity contribution < 1.29 is 14.6 Å². The van der Waals surface area contributed by atoms with Gasteiger partial charge >= 0.3 is 5.69 Å². The van der Waals surface area contributed by atoms with E-state index in [1.54, 1.807) is 18.9 Å². The van der Waals surface area contributed by atoms with E-state index in [-0.39, 0.29) is 37.6 Å². The van der Waals surface area contributed by atoms with Crippen LogP contribution in [0.15, 0.2) is 39.9 Å². The van der Waals surface area contributed by atoms with Gasteiger partial charge in [-0.1, -0.05) is 30.3 Å². The first-order chi connectivity index (χ1) is 14.9. The molecule has 0 bridgehead atoms. The van der Waals surface area contributed by atoms with Crippen molar-refractivity contribution in [3.63, 3.8) is 0 Å². The second-order valence-corrected chi connectivity index (χ2v) is 8.72. The summed E-state index contributed by atoms with van der Waals surface area (Å²) in [5.41, 5.74) is 0.841. The molecule has 2 aromatic heterocycles. The van der Waals surface area contributed by atoms with E-state index in [0.29, 0.717) is 33.7 Å². The zero-order valence-electron chi connectivity index (χ0n) is 17.5. The van der Waals surface area contributed by atoms with Crippen LogP contribution in [0.5, 0.6) is 0 Å². The van der Waals surface area contributed by atoms with Crippen LogP contribution in [0.4, 0.5) is 0 Å². The van der Waals surface area contributed by atoms with Gasteiger partial charge in [0.05, 0.1) is 29.5 Å². The number of nitrogens with zero attached hydrogens (tertiary/aromatic N) is 3. The summed E-state index contributed by atoms with van der Waals surface area (Å²) < 4.78 is 7.95. The minimum Gasteiger partial charge on any atom is -0.389 e. The minimum atomic E-state index is -0.506.